The quantitative estimate of drug-likeness (QED) is 0.857. The number of carbonyl (C=O) groups is 2. The number of ether oxygens (including phenoxy) is 1. The van der Waals surface area contributed by atoms with Crippen molar-refractivity contribution in [2.75, 3.05) is 13.1 Å². The van der Waals surface area contributed by atoms with Gasteiger partial charge in [0, 0.05) is 6.54 Å². The van der Waals surface area contributed by atoms with Crippen LogP contribution in [0.4, 0.5) is 0 Å². The number of carbonyl (C=O) groups excluding carboxylic acids is 2. The van der Waals surface area contributed by atoms with Gasteiger partial charge in [-0.05, 0) is 32.1 Å². The molecule has 5 heteroatoms. The second-order valence-electron chi connectivity index (χ2n) is 6.74. The van der Waals surface area contributed by atoms with Gasteiger partial charge in [-0.25, -0.2) is 0 Å². The van der Waals surface area contributed by atoms with Crippen LogP contribution in [-0.4, -0.2) is 47.6 Å². The molecule has 21 heavy (non-hydrogen) atoms. The summed E-state index contributed by atoms with van der Waals surface area (Å²) in [5.41, 5.74) is 0.0893. The van der Waals surface area contributed by atoms with E-state index >= 15 is 0 Å². The lowest BCUT2D eigenvalue weighted by Gasteiger charge is -2.36. The Morgan fingerprint density at radius 3 is 2.76 bits per heavy atom. The van der Waals surface area contributed by atoms with Crippen LogP contribution in [0.1, 0.15) is 58.3 Å². The third-order valence-corrected chi connectivity index (χ3v) is 5.23. The van der Waals surface area contributed by atoms with Crippen molar-refractivity contribution < 1.29 is 14.3 Å². The Bertz CT molecular complexity index is 418. The number of nitrogens with zero attached hydrogens (tertiary/aromatic N) is 1. The van der Waals surface area contributed by atoms with Gasteiger partial charge in [0.1, 0.15) is 6.04 Å². The van der Waals surface area contributed by atoms with E-state index in [1.807, 2.05) is 6.92 Å². The molecule has 2 unspecified atom stereocenters. The molecule has 2 amide bonds. The molecular formula is C16H26N2O3. The van der Waals surface area contributed by atoms with E-state index in [0.29, 0.717) is 6.54 Å². The van der Waals surface area contributed by atoms with Crippen molar-refractivity contribution >= 4 is 11.8 Å². The van der Waals surface area contributed by atoms with Gasteiger partial charge < -0.3 is 15.0 Å². The van der Waals surface area contributed by atoms with Gasteiger partial charge >= 0.3 is 0 Å². The smallest absolute Gasteiger partial charge is 0.243 e. The first-order valence-corrected chi connectivity index (χ1v) is 8.38. The molecule has 118 valence electrons. The first-order chi connectivity index (χ1) is 10.1. The molecule has 0 radical (unpaired) electrons. The minimum Gasteiger partial charge on any atom is -0.370 e. The topological polar surface area (TPSA) is 58.6 Å². The van der Waals surface area contributed by atoms with Crippen LogP contribution in [-0.2, 0) is 14.3 Å². The highest BCUT2D eigenvalue weighted by molar-refractivity contribution is 5.94. The van der Waals surface area contributed by atoms with Gasteiger partial charge in [-0.2, -0.15) is 0 Å². The van der Waals surface area contributed by atoms with Gasteiger partial charge in [-0.15, -0.1) is 0 Å². The summed E-state index contributed by atoms with van der Waals surface area (Å²) in [5, 5.41) is 2.70. The predicted molar refractivity (Wildman–Crippen MR) is 78.7 cm³/mol. The van der Waals surface area contributed by atoms with Crippen LogP contribution in [0.2, 0.25) is 0 Å². The SMILES string of the molecule is CCCC1C(=O)NCC(=O)N1CC1CCC2(CCCC2)O1. The molecule has 1 N–H and O–H groups in total. The van der Waals surface area contributed by atoms with Crippen molar-refractivity contribution in [2.45, 2.75) is 76.0 Å². The Morgan fingerprint density at radius 1 is 1.29 bits per heavy atom. The predicted octanol–water partition coefficient (Wildman–Crippen LogP) is 1.61. The molecule has 1 spiro atoms. The second-order valence-corrected chi connectivity index (χ2v) is 6.74. The summed E-state index contributed by atoms with van der Waals surface area (Å²) in [6.07, 6.45) is 8.72. The minimum absolute atomic E-state index is 0.00923. The van der Waals surface area contributed by atoms with E-state index in [4.69, 9.17) is 4.74 Å². The van der Waals surface area contributed by atoms with E-state index < -0.39 is 0 Å². The van der Waals surface area contributed by atoms with Crippen molar-refractivity contribution in [1.29, 1.82) is 0 Å². The molecule has 2 atom stereocenters. The fourth-order valence-electron chi connectivity index (χ4n) is 4.12. The van der Waals surface area contributed by atoms with E-state index in [-0.39, 0.29) is 36.1 Å². The van der Waals surface area contributed by atoms with E-state index in [1.165, 1.54) is 12.8 Å². The van der Waals surface area contributed by atoms with Gasteiger partial charge in [-0.3, -0.25) is 9.59 Å². The van der Waals surface area contributed by atoms with Crippen LogP contribution in [0.3, 0.4) is 0 Å². The number of amides is 2. The molecule has 0 aromatic carbocycles. The number of hydrogen-bond acceptors (Lipinski definition) is 3. The lowest BCUT2D eigenvalue weighted by molar-refractivity contribution is -0.148. The Labute approximate surface area is 126 Å². The van der Waals surface area contributed by atoms with E-state index in [1.54, 1.807) is 4.90 Å². The second kappa shape index (κ2) is 5.95. The largest absolute Gasteiger partial charge is 0.370 e. The molecule has 1 aliphatic carbocycles. The molecule has 2 saturated heterocycles. The van der Waals surface area contributed by atoms with Gasteiger partial charge in [0.25, 0.3) is 0 Å². The molecule has 2 heterocycles. The number of nitrogens with one attached hydrogen (secondary N) is 1. The number of rotatable bonds is 4. The van der Waals surface area contributed by atoms with Crippen molar-refractivity contribution in [3.8, 4) is 0 Å². The summed E-state index contributed by atoms with van der Waals surface area (Å²) in [6, 6.07) is -0.306. The highest BCUT2D eigenvalue weighted by Gasteiger charge is 2.44. The molecule has 3 fully saturated rings. The maximum Gasteiger partial charge on any atom is 0.243 e. The molecule has 0 aromatic heterocycles. The number of hydrogen-bond donors (Lipinski definition) is 1. The fraction of sp³-hybridized carbons (Fsp3) is 0.875. The maximum atomic E-state index is 12.2. The summed E-state index contributed by atoms with van der Waals surface area (Å²) < 4.78 is 6.30. The van der Waals surface area contributed by atoms with Crippen molar-refractivity contribution in [3.63, 3.8) is 0 Å². The van der Waals surface area contributed by atoms with Gasteiger partial charge in [-0.1, -0.05) is 26.2 Å². The lowest BCUT2D eigenvalue weighted by Crippen LogP contribution is -2.59. The molecule has 3 aliphatic rings. The van der Waals surface area contributed by atoms with E-state index in [0.717, 1.165) is 38.5 Å². The molecule has 5 nitrogen and oxygen atoms in total. The fourth-order valence-corrected chi connectivity index (χ4v) is 4.12. The summed E-state index contributed by atoms with van der Waals surface area (Å²) in [6.45, 7) is 2.76. The van der Waals surface area contributed by atoms with Crippen LogP contribution in [0, 0.1) is 0 Å². The Morgan fingerprint density at radius 2 is 2.05 bits per heavy atom. The Balaban J connectivity index is 1.64. The normalized spacial score (nSPS) is 32.0. The van der Waals surface area contributed by atoms with Crippen LogP contribution >= 0.6 is 0 Å². The first-order valence-electron chi connectivity index (χ1n) is 8.38. The standard InChI is InChI=1S/C16H26N2O3/c1-2-5-13-15(20)17-10-14(19)18(13)11-12-6-9-16(21-12)7-3-4-8-16/h12-13H,2-11H2,1H3,(H,17,20). The first kappa shape index (κ1) is 14.8. The van der Waals surface area contributed by atoms with Crippen molar-refractivity contribution in [1.82, 2.24) is 10.2 Å². The van der Waals surface area contributed by atoms with Crippen molar-refractivity contribution in [3.05, 3.63) is 0 Å². The zero-order valence-electron chi connectivity index (χ0n) is 12.9. The van der Waals surface area contributed by atoms with E-state index in [2.05, 4.69) is 5.32 Å². The van der Waals surface area contributed by atoms with Gasteiger partial charge in [0.05, 0.1) is 18.2 Å². The van der Waals surface area contributed by atoms with Gasteiger partial charge in [0.2, 0.25) is 11.8 Å². The average Bonchev–Trinajstić information content (AvgIpc) is 3.09. The highest BCUT2D eigenvalue weighted by atomic mass is 16.5. The number of piperazine rings is 1. The Kier molecular flexibility index (Phi) is 4.20. The zero-order valence-corrected chi connectivity index (χ0v) is 12.9. The molecule has 0 aromatic rings. The van der Waals surface area contributed by atoms with Crippen LogP contribution in [0.25, 0.3) is 0 Å². The van der Waals surface area contributed by atoms with Crippen molar-refractivity contribution in [2.24, 2.45) is 0 Å². The molecule has 2 aliphatic heterocycles. The molecule has 3 rings (SSSR count). The summed E-state index contributed by atoms with van der Waals surface area (Å²) in [7, 11) is 0. The monoisotopic (exact) mass is 294 g/mol. The molecule has 1 saturated carbocycles. The maximum absolute atomic E-state index is 12.2. The third-order valence-electron chi connectivity index (χ3n) is 5.23. The lowest BCUT2D eigenvalue weighted by atomic mass is 9.98. The highest BCUT2D eigenvalue weighted by Crippen LogP contribution is 2.43. The summed E-state index contributed by atoms with van der Waals surface area (Å²) >= 11 is 0. The van der Waals surface area contributed by atoms with Gasteiger partial charge in [0.15, 0.2) is 0 Å². The van der Waals surface area contributed by atoms with Crippen LogP contribution in [0.5, 0.6) is 0 Å². The average molecular weight is 294 g/mol. The molecule has 0 bridgehead atoms. The molecular weight excluding hydrogens is 268 g/mol. The minimum atomic E-state index is -0.306. The summed E-state index contributed by atoms with van der Waals surface area (Å²) in [4.78, 5) is 26.0. The van der Waals surface area contributed by atoms with E-state index in [9.17, 15) is 9.59 Å². The van der Waals surface area contributed by atoms with Crippen LogP contribution in [0.15, 0.2) is 0 Å². The third kappa shape index (κ3) is 2.93. The zero-order chi connectivity index (χ0) is 14.9. The Hall–Kier alpha value is -1.10. The van der Waals surface area contributed by atoms with Crippen LogP contribution < -0.4 is 5.32 Å². The summed E-state index contributed by atoms with van der Waals surface area (Å²) in [5.74, 6) is 0.0223.